The Bertz CT molecular complexity index is 744. The fourth-order valence-electron chi connectivity index (χ4n) is 7.29. The van der Waals surface area contributed by atoms with E-state index in [1.54, 1.807) is 0 Å². The van der Waals surface area contributed by atoms with Gasteiger partial charge in [0.15, 0.2) is 0 Å². The topological polar surface area (TPSA) is 69.0 Å². The van der Waals surface area contributed by atoms with Gasteiger partial charge in [-0.15, -0.1) is 0 Å². The molecule has 0 aliphatic heterocycles. The Balaban J connectivity index is 1.82. The summed E-state index contributed by atoms with van der Waals surface area (Å²) in [6, 6.07) is 0. The molecule has 0 unspecified atom stereocenters. The molecule has 4 rings (SSSR count). The van der Waals surface area contributed by atoms with Crippen molar-refractivity contribution in [2.45, 2.75) is 65.7 Å². The highest BCUT2D eigenvalue weighted by Gasteiger charge is 2.58. The third-order valence-corrected chi connectivity index (χ3v) is 8.58. The first-order chi connectivity index (χ1) is 12.5. The molecule has 6 atom stereocenters. The molecule has 4 aliphatic rings. The van der Waals surface area contributed by atoms with Gasteiger partial charge in [-0.1, -0.05) is 44.5 Å². The molecule has 1 N–H and O–H groups in total. The van der Waals surface area contributed by atoms with Crippen LogP contribution in [-0.2, 0) is 0 Å². The molecule has 0 amide bonds. The van der Waals surface area contributed by atoms with E-state index in [9.17, 15) is 5.11 Å². The van der Waals surface area contributed by atoms with Crippen molar-refractivity contribution in [2.75, 3.05) is 0 Å². The quantitative estimate of drug-likeness (QED) is 0.251. The van der Waals surface area contributed by atoms with Crippen LogP contribution in [0, 0.1) is 34.5 Å². The third-order valence-electron chi connectivity index (χ3n) is 8.58. The molecule has 26 heavy (non-hydrogen) atoms. The van der Waals surface area contributed by atoms with Crippen LogP contribution in [0.5, 0.6) is 0 Å². The van der Waals surface area contributed by atoms with E-state index < -0.39 is 0 Å². The van der Waals surface area contributed by atoms with Gasteiger partial charge < -0.3 is 5.11 Å². The van der Waals surface area contributed by atoms with E-state index in [-0.39, 0.29) is 5.41 Å². The molecule has 4 heteroatoms. The van der Waals surface area contributed by atoms with Crippen molar-refractivity contribution in [2.24, 2.45) is 39.6 Å². The Morgan fingerprint density at radius 3 is 2.81 bits per heavy atom. The summed E-state index contributed by atoms with van der Waals surface area (Å²) in [6.45, 7) is 7.20. The van der Waals surface area contributed by atoms with E-state index >= 15 is 0 Å². The number of hydrogen-bond donors (Lipinski definition) is 1. The lowest BCUT2D eigenvalue weighted by Crippen LogP contribution is -2.49. The van der Waals surface area contributed by atoms with Gasteiger partial charge in [-0.05, 0) is 89.7 Å². The predicted molar refractivity (Wildman–Crippen MR) is 104 cm³/mol. The van der Waals surface area contributed by atoms with Gasteiger partial charge in [-0.3, -0.25) is 0 Å². The SMILES string of the molecule is CC[C@H]1CC[C@H]2[C@@H]3C=C(N=[N+]=[N-])C4=CCC(=CO)C[C@]4(C)[C@H]3CC[C@]12C. The summed E-state index contributed by atoms with van der Waals surface area (Å²) in [5.41, 5.74) is 12.7. The van der Waals surface area contributed by atoms with Gasteiger partial charge in [0, 0.05) is 10.6 Å². The Morgan fingerprint density at radius 2 is 2.12 bits per heavy atom. The van der Waals surface area contributed by atoms with Crippen molar-refractivity contribution < 1.29 is 5.11 Å². The Hall–Kier alpha value is -1.67. The minimum atomic E-state index is -0.0264. The molecule has 0 bridgehead atoms. The van der Waals surface area contributed by atoms with Crippen molar-refractivity contribution in [3.63, 3.8) is 0 Å². The highest BCUT2D eigenvalue weighted by Crippen LogP contribution is 2.66. The van der Waals surface area contributed by atoms with Crippen LogP contribution in [0.15, 0.2) is 40.4 Å². The second-order valence-corrected chi connectivity index (χ2v) is 9.46. The van der Waals surface area contributed by atoms with Crippen molar-refractivity contribution in [3.8, 4) is 0 Å². The monoisotopic (exact) mass is 353 g/mol. The molecule has 2 fully saturated rings. The summed E-state index contributed by atoms with van der Waals surface area (Å²) in [5.74, 6) is 2.59. The molecule has 2 saturated carbocycles. The second-order valence-electron chi connectivity index (χ2n) is 9.46. The zero-order valence-corrected chi connectivity index (χ0v) is 16.3. The van der Waals surface area contributed by atoms with E-state index in [4.69, 9.17) is 5.53 Å². The molecule has 0 heterocycles. The Kier molecular flexibility index (Phi) is 4.23. The minimum absolute atomic E-state index is 0.0264. The zero-order valence-electron chi connectivity index (χ0n) is 16.3. The molecule has 140 valence electrons. The number of fused-ring (bicyclic) bond motifs is 5. The molecule has 0 aromatic carbocycles. The van der Waals surface area contributed by atoms with Crippen LogP contribution in [-0.4, -0.2) is 5.11 Å². The maximum absolute atomic E-state index is 9.63. The van der Waals surface area contributed by atoms with Crippen molar-refractivity contribution >= 4 is 0 Å². The molecule has 0 aromatic rings. The molecule has 0 spiro atoms. The first-order valence-corrected chi connectivity index (χ1v) is 10.3. The van der Waals surface area contributed by atoms with Gasteiger partial charge >= 0.3 is 0 Å². The lowest BCUT2D eigenvalue weighted by Gasteiger charge is -2.57. The zero-order chi connectivity index (χ0) is 18.5. The molecule has 0 aromatic heterocycles. The first kappa shape index (κ1) is 17.7. The lowest BCUT2D eigenvalue weighted by atomic mass is 9.48. The van der Waals surface area contributed by atoms with Crippen LogP contribution >= 0.6 is 0 Å². The van der Waals surface area contributed by atoms with Crippen LogP contribution in [0.4, 0.5) is 0 Å². The maximum Gasteiger partial charge on any atom is 0.0787 e. The summed E-state index contributed by atoms with van der Waals surface area (Å²) in [7, 11) is 0. The van der Waals surface area contributed by atoms with Gasteiger partial charge in [-0.25, -0.2) is 0 Å². The highest BCUT2D eigenvalue weighted by atomic mass is 16.2. The number of aliphatic hydroxyl groups is 1. The van der Waals surface area contributed by atoms with Crippen molar-refractivity contribution in [3.05, 3.63) is 45.7 Å². The van der Waals surface area contributed by atoms with Gasteiger partial charge in [0.2, 0.25) is 0 Å². The molecule has 4 nitrogen and oxygen atoms in total. The Morgan fingerprint density at radius 1 is 1.31 bits per heavy atom. The van der Waals surface area contributed by atoms with Crippen LogP contribution in [0.25, 0.3) is 10.4 Å². The van der Waals surface area contributed by atoms with E-state index in [0.29, 0.717) is 23.2 Å². The number of nitrogens with zero attached hydrogens (tertiary/aromatic N) is 3. The van der Waals surface area contributed by atoms with Gasteiger partial charge in [0.25, 0.3) is 0 Å². The minimum Gasteiger partial charge on any atom is -0.516 e. The largest absolute Gasteiger partial charge is 0.516 e. The fraction of sp³-hybridized carbons (Fsp3) is 0.727. The normalized spacial score (nSPS) is 45.7. The first-order valence-electron chi connectivity index (χ1n) is 10.3. The van der Waals surface area contributed by atoms with Crippen LogP contribution in [0.2, 0.25) is 0 Å². The highest BCUT2D eigenvalue weighted by molar-refractivity contribution is 5.45. The number of hydrogen-bond acceptors (Lipinski definition) is 2. The molecular weight excluding hydrogens is 322 g/mol. The maximum atomic E-state index is 9.63. The lowest BCUT2D eigenvalue weighted by molar-refractivity contribution is -0.0135. The number of azide groups is 1. The summed E-state index contributed by atoms with van der Waals surface area (Å²) in [5, 5.41) is 13.8. The third kappa shape index (κ3) is 2.31. The number of rotatable bonds is 2. The molecule has 0 saturated heterocycles. The summed E-state index contributed by atoms with van der Waals surface area (Å²) >= 11 is 0. The Labute approximate surface area is 156 Å². The standard InChI is InChI=1S/C22H31N3O/c1-4-15-6-8-17-16-11-20(24-25-23)19-7-5-14(13-26)12-22(19,3)18(16)9-10-21(15,17)2/h7,11,13,15-18,26H,4-6,8-10,12H2,1-3H3/t15-,16-,17-,18-,21+,22+/m0/s1. The van der Waals surface area contributed by atoms with E-state index in [1.807, 2.05) is 0 Å². The molecule has 4 aliphatic carbocycles. The summed E-state index contributed by atoms with van der Waals surface area (Å²) < 4.78 is 0. The fourth-order valence-corrected chi connectivity index (χ4v) is 7.29. The van der Waals surface area contributed by atoms with E-state index in [2.05, 4.69) is 42.9 Å². The summed E-state index contributed by atoms with van der Waals surface area (Å²) in [6.07, 6.45) is 13.9. The average Bonchev–Trinajstić information content (AvgIpc) is 2.97. The van der Waals surface area contributed by atoms with Crippen LogP contribution in [0.1, 0.15) is 65.7 Å². The van der Waals surface area contributed by atoms with Gasteiger partial charge in [0.1, 0.15) is 0 Å². The van der Waals surface area contributed by atoms with Crippen molar-refractivity contribution in [1.82, 2.24) is 0 Å². The van der Waals surface area contributed by atoms with E-state index in [0.717, 1.165) is 30.0 Å². The van der Waals surface area contributed by atoms with Gasteiger partial charge in [-0.2, -0.15) is 0 Å². The number of aliphatic hydroxyl groups excluding tert-OH is 1. The smallest absolute Gasteiger partial charge is 0.0787 e. The number of allylic oxidation sites excluding steroid dienone is 4. The van der Waals surface area contributed by atoms with Crippen molar-refractivity contribution in [1.29, 1.82) is 0 Å². The average molecular weight is 354 g/mol. The van der Waals surface area contributed by atoms with E-state index in [1.165, 1.54) is 43.9 Å². The summed E-state index contributed by atoms with van der Waals surface area (Å²) in [4.78, 5) is 3.14. The molecular formula is C22H31N3O. The van der Waals surface area contributed by atoms with Crippen LogP contribution < -0.4 is 0 Å². The molecule has 0 radical (unpaired) electrons. The predicted octanol–water partition coefficient (Wildman–Crippen LogP) is 6.83. The van der Waals surface area contributed by atoms with Gasteiger partial charge in [0.05, 0.1) is 6.26 Å². The second kappa shape index (κ2) is 6.20. The van der Waals surface area contributed by atoms with Crippen LogP contribution in [0.3, 0.4) is 0 Å².